The van der Waals surface area contributed by atoms with Gasteiger partial charge in [0.05, 0.1) is 11.1 Å². The summed E-state index contributed by atoms with van der Waals surface area (Å²) in [6, 6.07) is 14.4. The van der Waals surface area contributed by atoms with Gasteiger partial charge in [0, 0.05) is 11.7 Å². The molecule has 2 aliphatic rings. The molecule has 1 unspecified atom stereocenters. The number of fused-ring (bicyclic) bond motifs is 2. The molecule has 0 saturated carbocycles. The Bertz CT molecular complexity index is 839. The van der Waals surface area contributed by atoms with Crippen LogP contribution in [-0.4, -0.2) is 35.2 Å². The Morgan fingerprint density at radius 3 is 2.25 bits per heavy atom. The summed E-state index contributed by atoms with van der Waals surface area (Å²) in [6.07, 6.45) is 0.782. The van der Waals surface area contributed by atoms with Crippen LogP contribution in [0.2, 0.25) is 0 Å². The number of imide groups is 1. The summed E-state index contributed by atoms with van der Waals surface area (Å²) in [7, 11) is 0. The molecule has 2 heterocycles. The third-order valence-corrected chi connectivity index (χ3v) is 4.65. The number of para-hydroxylation sites is 1. The van der Waals surface area contributed by atoms with Gasteiger partial charge in [0.15, 0.2) is 0 Å². The van der Waals surface area contributed by atoms with Crippen molar-refractivity contribution in [3.05, 3.63) is 65.2 Å². The van der Waals surface area contributed by atoms with E-state index in [1.54, 1.807) is 29.2 Å². The van der Waals surface area contributed by atoms with E-state index in [1.807, 2.05) is 31.2 Å². The summed E-state index contributed by atoms with van der Waals surface area (Å²) in [5.74, 6) is -1.03. The lowest BCUT2D eigenvalue weighted by Crippen LogP contribution is -2.45. The molecule has 24 heavy (non-hydrogen) atoms. The van der Waals surface area contributed by atoms with Crippen LogP contribution in [0.25, 0.3) is 0 Å². The highest BCUT2D eigenvalue weighted by Gasteiger charge is 2.39. The van der Waals surface area contributed by atoms with E-state index in [2.05, 4.69) is 0 Å². The number of benzene rings is 2. The standard InChI is InChI=1S/C19H16N2O3/c1-12-10-13-6-2-5-9-16(13)21(12)17(22)11-20-18(23)14-7-3-4-8-15(14)19(20)24/h2-9,12H,10-11H2,1H3. The number of carbonyl (C=O) groups is 3. The highest BCUT2D eigenvalue weighted by Crippen LogP contribution is 2.32. The molecule has 5 heteroatoms. The van der Waals surface area contributed by atoms with Gasteiger partial charge in [-0.25, -0.2) is 0 Å². The number of amides is 3. The van der Waals surface area contributed by atoms with Crippen molar-refractivity contribution in [2.75, 3.05) is 11.4 Å². The van der Waals surface area contributed by atoms with Crippen LogP contribution in [0, 0.1) is 0 Å². The van der Waals surface area contributed by atoms with Crippen LogP contribution in [0.15, 0.2) is 48.5 Å². The van der Waals surface area contributed by atoms with Gasteiger partial charge in [-0.15, -0.1) is 0 Å². The minimum Gasteiger partial charge on any atom is -0.307 e. The lowest BCUT2D eigenvalue weighted by molar-refractivity contribution is -0.119. The van der Waals surface area contributed by atoms with Gasteiger partial charge in [0.25, 0.3) is 11.8 Å². The summed E-state index contributed by atoms with van der Waals surface area (Å²) >= 11 is 0. The quantitative estimate of drug-likeness (QED) is 0.798. The van der Waals surface area contributed by atoms with Crippen molar-refractivity contribution in [1.82, 2.24) is 4.90 Å². The number of nitrogens with zero attached hydrogens (tertiary/aromatic N) is 2. The maximum Gasteiger partial charge on any atom is 0.262 e. The van der Waals surface area contributed by atoms with E-state index in [0.29, 0.717) is 11.1 Å². The molecule has 0 spiro atoms. The number of carbonyl (C=O) groups excluding carboxylic acids is 3. The molecule has 2 aromatic rings. The van der Waals surface area contributed by atoms with E-state index in [9.17, 15) is 14.4 Å². The summed E-state index contributed by atoms with van der Waals surface area (Å²) in [6.45, 7) is 1.74. The van der Waals surface area contributed by atoms with E-state index < -0.39 is 11.8 Å². The Kier molecular flexibility index (Phi) is 3.23. The van der Waals surface area contributed by atoms with Crippen molar-refractivity contribution in [2.24, 2.45) is 0 Å². The molecular weight excluding hydrogens is 304 g/mol. The predicted molar refractivity (Wildman–Crippen MR) is 88.9 cm³/mol. The summed E-state index contributed by atoms with van der Waals surface area (Å²) < 4.78 is 0. The smallest absolute Gasteiger partial charge is 0.262 e. The fraction of sp³-hybridized carbons (Fsp3) is 0.211. The monoisotopic (exact) mass is 320 g/mol. The van der Waals surface area contributed by atoms with E-state index in [4.69, 9.17) is 0 Å². The highest BCUT2D eigenvalue weighted by molar-refractivity contribution is 6.22. The van der Waals surface area contributed by atoms with Gasteiger partial charge < -0.3 is 4.90 Å². The molecule has 5 nitrogen and oxygen atoms in total. The molecule has 0 aliphatic carbocycles. The molecule has 2 aliphatic heterocycles. The molecule has 3 amide bonds. The Morgan fingerprint density at radius 2 is 1.58 bits per heavy atom. The highest BCUT2D eigenvalue weighted by atomic mass is 16.2. The van der Waals surface area contributed by atoms with Gasteiger partial charge in [-0.1, -0.05) is 30.3 Å². The lowest BCUT2D eigenvalue weighted by atomic mass is 10.1. The first-order valence-electron chi connectivity index (χ1n) is 7.93. The molecule has 1 atom stereocenters. The SMILES string of the molecule is CC1Cc2ccccc2N1C(=O)CN1C(=O)c2ccccc2C1=O. The number of anilines is 1. The fourth-order valence-electron chi connectivity index (χ4n) is 3.54. The molecule has 120 valence electrons. The Labute approximate surface area is 139 Å². The van der Waals surface area contributed by atoms with Crippen LogP contribution < -0.4 is 4.90 Å². The molecule has 0 fully saturated rings. The first kappa shape index (κ1) is 14.6. The molecule has 0 bridgehead atoms. The third kappa shape index (κ3) is 2.05. The average Bonchev–Trinajstić information content (AvgIpc) is 3.04. The number of rotatable bonds is 2. The fourth-order valence-corrected chi connectivity index (χ4v) is 3.54. The maximum absolute atomic E-state index is 12.8. The Balaban J connectivity index is 1.60. The molecule has 0 saturated heterocycles. The van der Waals surface area contributed by atoms with Crippen LogP contribution in [0.1, 0.15) is 33.2 Å². The minimum atomic E-state index is -0.399. The number of hydrogen-bond donors (Lipinski definition) is 0. The zero-order valence-corrected chi connectivity index (χ0v) is 13.2. The number of hydrogen-bond acceptors (Lipinski definition) is 3. The first-order chi connectivity index (χ1) is 11.6. The van der Waals surface area contributed by atoms with Crippen LogP contribution in [-0.2, 0) is 11.2 Å². The van der Waals surface area contributed by atoms with Crippen LogP contribution >= 0.6 is 0 Å². The van der Waals surface area contributed by atoms with Crippen molar-refractivity contribution in [1.29, 1.82) is 0 Å². The van der Waals surface area contributed by atoms with Crippen molar-refractivity contribution >= 4 is 23.4 Å². The Hall–Kier alpha value is -2.95. The summed E-state index contributed by atoms with van der Waals surface area (Å²) in [4.78, 5) is 40.4. The van der Waals surface area contributed by atoms with Crippen LogP contribution in [0.4, 0.5) is 5.69 Å². The topological polar surface area (TPSA) is 57.7 Å². The van der Waals surface area contributed by atoms with E-state index >= 15 is 0 Å². The van der Waals surface area contributed by atoms with Gasteiger partial charge in [-0.05, 0) is 37.1 Å². The predicted octanol–water partition coefficient (Wildman–Crippen LogP) is 2.26. The van der Waals surface area contributed by atoms with Gasteiger partial charge in [-0.3, -0.25) is 19.3 Å². The van der Waals surface area contributed by atoms with Crippen molar-refractivity contribution in [3.63, 3.8) is 0 Å². The second kappa shape index (κ2) is 5.30. The second-order valence-corrected chi connectivity index (χ2v) is 6.19. The van der Waals surface area contributed by atoms with E-state index in [0.717, 1.165) is 22.6 Å². The largest absolute Gasteiger partial charge is 0.307 e. The zero-order chi connectivity index (χ0) is 16.8. The van der Waals surface area contributed by atoms with Crippen LogP contribution in [0.3, 0.4) is 0 Å². The third-order valence-electron chi connectivity index (χ3n) is 4.65. The van der Waals surface area contributed by atoms with Gasteiger partial charge in [-0.2, -0.15) is 0 Å². The Morgan fingerprint density at radius 1 is 1.00 bits per heavy atom. The molecule has 0 aromatic heterocycles. The van der Waals surface area contributed by atoms with E-state index in [1.165, 1.54) is 0 Å². The van der Waals surface area contributed by atoms with E-state index in [-0.39, 0.29) is 18.5 Å². The molecule has 0 radical (unpaired) electrons. The van der Waals surface area contributed by atoms with Gasteiger partial charge in [0.2, 0.25) is 5.91 Å². The second-order valence-electron chi connectivity index (χ2n) is 6.19. The average molecular weight is 320 g/mol. The summed E-state index contributed by atoms with van der Waals surface area (Å²) in [5, 5.41) is 0. The molecule has 2 aromatic carbocycles. The van der Waals surface area contributed by atoms with Crippen molar-refractivity contribution in [2.45, 2.75) is 19.4 Å². The molecule has 0 N–H and O–H groups in total. The molecule has 4 rings (SSSR count). The van der Waals surface area contributed by atoms with Gasteiger partial charge in [0.1, 0.15) is 6.54 Å². The first-order valence-corrected chi connectivity index (χ1v) is 7.93. The van der Waals surface area contributed by atoms with Crippen LogP contribution in [0.5, 0.6) is 0 Å². The molecular formula is C19H16N2O3. The van der Waals surface area contributed by atoms with Crippen molar-refractivity contribution in [3.8, 4) is 0 Å². The lowest BCUT2D eigenvalue weighted by Gasteiger charge is -2.25. The van der Waals surface area contributed by atoms with Crippen molar-refractivity contribution < 1.29 is 14.4 Å². The minimum absolute atomic E-state index is 0.0186. The normalized spacial score (nSPS) is 18.8. The maximum atomic E-state index is 12.8. The summed E-state index contributed by atoms with van der Waals surface area (Å²) in [5.41, 5.74) is 2.71. The van der Waals surface area contributed by atoms with Gasteiger partial charge >= 0.3 is 0 Å². The zero-order valence-electron chi connectivity index (χ0n) is 13.2.